The fourth-order valence-corrected chi connectivity index (χ4v) is 0.582. The monoisotopic (exact) mass is 183 g/mol. The fraction of sp³-hybridized carbons (Fsp3) is 0.333. The van der Waals surface area contributed by atoms with Gasteiger partial charge in [0.2, 0.25) is 5.91 Å². The first kappa shape index (κ1) is 11.4. The molecule has 0 aromatic rings. The van der Waals surface area contributed by atoms with Crippen LogP contribution in [0.25, 0.3) is 0 Å². The number of esters is 1. The van der Waals surface area contributed by atoms with Crippen LogP contribution in [-0.2, 0) is 14.3 Å². The molecule has 0 aromatic carbocycles. The molecule has 4 nitrogen and oxygen atoms in total. The van der Waals surface area contributed by atoms with Gasteiger partial charge in [0.25, 0.3) is 0 Å². The molecule has 72 valence electrons. The van der Waals surface area contributed by atoms with Crippen LogP contribution in [0.4, 0.5) is 0 Å². The number of primary amides is 1. The minimum absolute atomic E-state index is 0.130. The minimum Gasteiger partial charge on any atom is -0.462 e. The maximum Gasteiger partial charge on any atom is 0.330 e. The highest BCUT2D eigenvalue weighted by atomic mass is 16.5. The summed E-state index contributed by atoms with van der Waals surface area (Å²) in [7, 11) is 0. The van der Waals surface area contributed by atoms with Gasteiger partial charge in [0.05, 0.1) is 6.61 Å². The van der Waals surface area contributed by atoms with Crippen molar-refractivity contribution in [2.24, 2.45) is 5.73 Å². The Morgan fingerprint density at radius 2 is 2.15 bits per heavy atom. The second-order valence-electron chi connectivity index (χ2n) is 2.39. The van der Waals surface area contributed by atoms with E-state index in [4.69, 9.17) is 10.5 Å². The molecule has 4 heteroatoms. The van der Waals surface area contributed by atoms with Crippen molar-refractivity contribution in [3.63, 3.8) is 0 Å². The average Bonchev–Trinajstić information content (AvgIpc) is 2.04. The van der Waals surface area contributed by atoms with Gasteiger partial charge >= 0.3 is 5.97 Å². The van der Waals surface area contributed by atoms with Crippen LogP contribution in [-0.4, -0.2) is 18.5 Å². The van der Waals surface area contributed by atoms with Gasteiger partial charge in [-0.15, -0.1) is 0 Å². The van der Waals surface area contributed by atoms with Crippen molar-refractivity contribution < 1.29 is 14.3 Å². The molecule has 13 heavy (non-hydrogen) atoms. The third-order valence-electron chi connectivity index (χ3n) is 1.30. The summed E-state index contributed by atoms with van der Waals surface area (Å²) in [6.45, 7) is 5.25. The second kappa shape index (κ2) is 5.99. The molecule has 0 aliphatic carbocycles. The van der Waals surface area contributed by atoms with Gasteiger partial charge in [-0.25, -0.2) is 4.79 Å². The minimum atomic E-state index is -0.568. The lowest BCUT2D eigenvalue weighted by Crippen LogP contribution is -2.15. The predicted octanol–water partition coefficient (Wildman–Crippen LogP) is 0.537. The Morgan fingerprint density at radius 3 is 2.62 bits per heavy atom. The number of hydrogen-bond donors (Lipinski definition) is 1. The predicted molar refractivity (Wildman–Crippen MR) is 48.7 cm³/mol. The molecule has 0 bridgehead atoms. The van der Waals surface area contributed by atoms with Gasteiger partial charge in [0, 0.05) is 18.1 Å². The van der Waals surface area contributed by atoms with Crippen LogP contribution in [0, 0.1) is 0 Å². The van der Waals surface area contributed by atoms with Crippen LogP contribution in [0.3, 0.4) is 0 Å². The molecular formula is C9H13NO3. The molecule has 0 spiro atoms. The number of carbonyl (C=O) groups is 2. The number of ether oxygens (including phenoxy) is 1. The summed E-state index contributed by atoms with van der Waals surface area (Å²) in [6.07, 6.45) is 3.15. The van der Waals surface area contributed by atoms with Crippen LogP contribution < -0.4 is 5.73 Å². The summed E-state index contributed by atoms with van der Waals surface area (Å²) in [5.74, 6) is -0.998. The molecule has 0 aliphatic heterocycles. The molecule has 1 amide bonds. The fourth-order valence-electron chi connectivity index (χ4n) is 0.582. The number of nitrogens with two attached hydrogens (primary N) is 1. The van der Waals surface area contributed by atoms with Crippen molar-refractivity contribution in [1.82, 2.24) is 0 Å². The maximum absolute atomic E-state index is 10.7. The normalized spacial score (nSPS) is 9.92. The first-order chi connectivity index (χ1) is 6.07. The van der Waals surface area contributed by atoms with Gasteiger partial charge in [-0.05, 0) is 6.92 Å². The lowest BCUT2D eigenvalue weighted by Gasteiger charge is -2.01. The van der Waals surface area contributed by atoms with Crippen molar-refractivity contribution in [1.29, 1.82) is 0 Å². The topological polar surface area (TPSA) is 69.4 Å². The van der Waals surface area contributed by atoms with E-state index in [2.05, 4.69) is 6.58 Å². The molecule has 0 rings (SSSR count). The van der Waals surface area contributed by atoms with Gasteiger partial charge in [0.1, 0.15) is 0 Å². The van der Waals surface area contributed by atoms with Crippen LogP contribution in [0.1, 0.15) is 13.3 Å². The van der Waals surface area contributed by atoms with Crippen molar-refractivity contribution in [2.45, 2.75) is 13.3 Å². The van der Waals surface area contributed by atoms with Crippen LogP contribution in [0.5, 0.6) is 0 Å². The first-order valence-electron chi connectivity index (χ1n) is 3.85. The highest BCUT2D eigenvalue weighted by Gasteiger charge is 2.02. The second-order valence-corrected chi connectivity index (χ2v) is 2.39. The summed E-state index contributed by atoms with van der Waals surface area (Å²) in [5.41, 5.74) is 5.18. The van der Waals surface area contributed by atoms with E-state index in [1.807, 2.05) is 0 Å². The maximum atomic E-state index is 10.7. The SMILES string of the molecule is C=C(CCOC(=O)C=CC)C(N)=O. The Balaban J connectivity index is 3.62. The Bertz CT molecular complexity index is 243. The van der Waals surface area contributed by atoms with Crippen molar-refractivity contribution in [2.75, 3.05) is 6.61 Å². The van der Waals surface area contributed by atoms with E-state index in [0.29, 0.717) is 0 Å². The molecular weight excluding hydrogens is 170 g/mol. The molecule has 0 saturated heterocycles. The van der Waals surface area contributed by atoms with Gasteiger partial charge in [-0.2, -0.15) is 0 Å². The molecule has 0 saturated carbocycles. The smallest absolute Gasteiger partial charge is 0.330 e. The number of allylic oxidation sites excluding steroid dienone is 1. The molecule has 0 fully saturated rings. The molecule has 0 atom stereocenters. The van der Waals surface area contributed by atoms with Gasteiger partial charge < -0.3 is 10.5 Å². The quantitative estimate of drug-likeness (QED) is 0.499. The van der Waals surface area contributed by atoms with E-state index in [1.165, 1.54) is 6.08 Å². The first-order valence-corrected chi connectivity index (χ1v) is 3.85. The van der Waals surface area contributed by atoms with Crippen molar-refractivity contribution in [3.8, 4) is 0 Å². The zero-order valence-electron chi connectivity index (χ0n) is 7.58. The summed E-state index contributed by atoms with van der Waals surface area (Å²) in [5, 5.41) is 0. The molecule has 0 aliphatic rings. The van der Waals surface area contributed by atoms with E-state index in [-0.39, 0.29) is 18.6 Å². The number of rotatable bonds is 5. The molecule has 0 heterocycles. The lowest BCUT2D eigenvalue weighted by molar-refractivity contribution is -0.137. The summed E-state index contributed by atoms with van der Waals surface area (Å²) >= 11 is 0. The number of hydrogen-bond acceptors (Lipinski definition) is 3. The highest BCUT2D eigenvalue weighted by Crippen LogP contribution is 1.96. The van der Waals surface area contributed by atoms with E-state index in [9.17, 15) is 9.59 Å². The highest BCUT2D eigenvalue weighted by molar-refractivity contribution is 5.91. The lowest BCUT2D eigenvalue weighted by atomic mass is 10.2. The Labute approximate surface area is 77.1 Å². The Hall–Kier alpha value is -1.58. The third-order valence-corrected chi connectivity index (χ3v) is 1.30. The van der Waals surface area contributed by atoms with E-state index in [0.717, 1.165) is 0 Å². The summed E-state index contributed by atoms with van der Waals surface area (Å²) < 4.78 is 4.71. The average molecular weight is 183 g/mol. The van der Waals surface area contributed by atoms with Crippen molar-refractivity contribution in [3.05, 3.63) is 24.3 Å². The third kappa shape index (κ3) is 5.66. The number of amides is 1. The van der Waals surface area contributed by atoms with Crippen LogP contribution in [0.15, 0.2) is 24.3 Å². The standard InChI is InChI=1S/C9H13NO3/c1-3-4-8(11)13-6-5-7(2)9(10)12/h3-4H,2,5-6H2,1H3,(H2,10,12). The summed E-state index contributed by atoms with van der Waals surface area (Å²) in [6, 6.07) is 0. The van der Waals surface area contributed by atoms with Crippen molar-refractivity contribution >= 4 is 11.9 Å². The Kier molecular flexibility index (Phi) is 5.27. The number of carbonyl (C=O) groups excluding carboxylic acids is 2. The van der Waals surface area contributed by atoms with Gasteiger partial charge in [-0.1, -0.05) is 12.7 Å². The van der Waals surface area contributed by atoms with Gasteiger partial charge in [0.15, 0.2) is 0 Å². The largest absolute Gasteiger partial charge is 0.462 e. The molecule has 0 unspecified atom stereocenters. The summed E-state index contributed by atoms with van der Waals surface area (Å²) in [4.78, 5) is 21.2. The van der Waals surface area contributed by atoms with E-state index in [1.54, 1.807) is 13.0 Å². The zero-order chi connectivity index (χ0) is 10.3. The van der Waals surface area contributed by atoms with Gasteiger partial charge in [-0.3, -0.25) is 4.79 Å². The molecule has 0 radical (unpaired) electrons. The van der Waals surface area contributed by atoms with E-state index < -0.39 is 11.9 Å². The Morgan fingerprint density at radius 1 is 1.54 bits per heavy atom. The van der Waals surface area contributed by atoms with E-state index >= 15 is 0 Å². The zero-order valence-corrected chi connectivity index (χ0v) is 7.58. The molecule has 2 N–H and O–H groups in total. The molecule has 0 aromatic heterocycles. The van der Waals surface area contributed by atoms with Crippen LogP contribution in [0.2, 0.25) is 0 Å². The van der Waals surface area contributed by atoms with Crippen LogP contribution >= 0.6 is 0 Å².